The van der Waals surface area contributed by atoms with Crippen molar-refractivity contribution in [1.29, 1.82) is 0 Å². The lowest BCUT2D eigenvalue weighted by atomic mass is 9.97. The van der Waals surface area contributed by atoms with E-state index in [2.05, 4.69) is 0 Å². The Bertz CT molecular complexity index is 472. The van der Waals surface area contributed by atoms with Crippen LogP contribution in [0, 0.1) is 17.0 Å². The molecule has 0 aromatic heterocycles. The van der Waals surface area contributed by atoms with Gasteiger partial charge in [0.25, 0.3) is 0 Å². The summed E-state index contributed by atoms with van der Waals surface area (Å²) in [5.41, 5.74) is -1.26. The number of carboxylic acids is 1. The van der Waals surface area contributed by atoms with Gasteiger partial charge in [-0.05, 0) is 32.0 Å². The van der Waals surface area contributed by atoms with Crippen molar-refractivity contribution in [2.24, 2.45) is 5.41 Å². The van der Waals surface area contributed by atoms with Gasteiger partial charge in [0.1, 0.15) is 11.6 Å². The zero-order valence-electron chi connectivity index (χ0n) is 9.37. The topological polar surface area (TPSA) is 54.4 Å². The van der Waals surface area contributed by atoms with Crippen LogP contribution in [0.5, 0.6) is 0 Å². The fourth-order valence-corrected chi connectivity index (χ4v) is 2.58. The molecule has 1 unspecified atom stereocenters. The van der Waals surface area contributed by atoms with Gasteiger partial charge in [0.2, 0.25) is 0 Å². The van der Waals surface area contributed by atoms with Crippen LogP contribution < -0.4 is 0 Å². The highest BCUT2D eigenvalue weighted by Gasteiger charge is 2.30. The first-order valence-electron chi connectivity index (χ1n) is 4.81. The molecule has 6 heteroatoms. The van der Waals surface area contributed by atoms with E-state index in [0.29, 0.717) is 0 Å². The number of benzene rings is 1. The maximum atomic E-state index is 13.3. The van der Waals surface area contributed by atoms with Crippen molar-refractivity contribution in [3.8, 4) is 0 Å². The number of hydrogen-bond acceptors (Lipinski definition) is 2. The van der Waals surface area contributed by atoms with Crippen molar-refractivity contribution in [2.45, 2.75) is 18.7 Å². The molecule has 17 heavy (non-hydrogen) atoms. The standard InChI is InChI=1S/C11H12F2O3S/c1-11(2,10(14)15)6-17(16)9-5-7(12)3-4-8(9)13/h3-5H,6H2,1-2H3,(H,14,15). The summed E-state index contributed by atoms with van der Waals surface area (Å²) in [5.74, 6) is -2.92. The largest absolute Gasteiger partial charge is 0.481 e. The summed E-state index contributed by atoms with van der Waals surface area (Å²) in [6.45, 7) is 2.76. The Labute approximate surface area is 99.9 Å². The third-order valence-corrected chi connectivity index (χ3v) is 4.00. The Morgan fingerprint density at radius 3 is 2.53 bits per heavy atom. The molecule has 1 N–H and O–H groups in total. The number of halogens is 2. The minimum atomic E-state index is -1.89. The molecule has 1 atom stereocenters. The molecule has 0 aliphatic rings. The van der Waals surface area contributed by atoms with Gasteiger partial charge in [-0.15, -0.1) is 0 Å². The SMILES string of the molecule is CC(C)(CS(=O)c1cc(F)ccc1F)C(=O)O. The molecular formula is C11H12F2O3S. The average Bonchev–Trinajstić information content (AvgIpc) is 2.20. The van der Waals surface area contributed by atoms with Crippen LogP contribution in [0.2, 0.25) is 0 Å². The maximum Gasteiger partial charge on any atom is 0.310 e. The molecule has 0 radical (unpaired) electrons. The van der Waals surface area contributed by atoms with Gasteiger partial charge < -0.3 is 5.11 Å². The van der Waals surface area contributed by atoms with Crippen molar-refractivity contribution in [2.75, 3.05) is 5.75 Å². The third-order valence-electron chi connectivity index (χ3n) is 2.21. The second-order valence-electron chi connectivity index (χ2n) is 4.25. The van der Waals surface area contributed by atoms with Crippen LogP contribution in [0.3, 0.4) is 0 Å². The molecule has 1 aromatic rings. The van der Waals surface area contributed by atoms with Gasteiger partial charge in [-0.2, -0.15) is 0 Å². The van der Waals surface area contributed by atoms with Gasteiger partial charge in [0.05, 0.1) is 21.1 Å². The predicted molar refractivity (Wildman–Crippen MR) is 59.1 cm³/mol. The molecule has 1 aromatic carbocycles. The molecule has 0 saturated heterocycles. The van der Waals surface area contributed by atoms with E-state index in [-0.39, 0.29) is 10.6 Å². The van der Waals surface area contributed by atoms with Crippen LogP contribution in [-0.4, -0.2) is 21.0 Å². The highest BCUT2D eigenvalue weighted by Crippen LogP contribution is 2.22. The van der Waals surface area contributed by atoms with Crippen LogP contribution in [0.25, 0.3) is 0 Å². The van der Waals surface area contributed by atoms with E-state index in [9.17, 15) is 17.8 Å². The number of carbonyl (C=O) groups is 1. The molecule has 0 spiro atoms. The number of aliphatic carboxylic acids is 1. The van der Waals surface area contributed by atoms with Crippen molar-refractivity contribution in [3.63, 3.8) is 0 Å². The van der Waals surface area contributed by atoms with Crippen molar-refractivity contribution in [1.82, 2.24) is 0 Å². The summed E-state index contributed by atoms with van der Waals surface area (Å²) >= 11 is 0. The first-order chi connectivity index (χ1) is 7.74. The molecular weight excluding hydrogens is 250 g/mol. The first kappa shape index (κ1) is 13.8. The zero-order chi connectivity index (χ0) is 13.2. The fourth-order valence-electron chi connectivity index (χ4n) is 1.12. The Hall–Kier alpha value is -1.30. The van der Waals surface area contributed by atoms with Gasteiger partial charge in [-0.3, -0.25) is 9.00 Å². The number of rotatable bonds is 4. The van der Waals surface area contributed by atoms with E-state index < -0.39 is 33.8 Å². The molecule has 0 aliphatic heterocycles. The lowest BCUT2D eigenvalue weighted by Gasteiger charge is -2.18. The Kier molecular flexibility index (Phi) is 3.98. The van der Waals surface area contributed by atoms with Crippen LogP contribution in [0.4, 0.5) is 8.78 Å². The van der Waals surface area contributed by atoms with Crippen molar-refractivity contribution < 1.29 is 22.9 Å². The van der Waals surface area contributed by atoms with Crippen molar-refractivity contribution in [3.05, 3.63) is 29.8 Å². The monoisotopic (exact) mass is 262 g/mol. The highest BCUT2D eigenvalue weighted by molar-refractivity contribution is 7.85. The zero-order valence-corrected chi connectivity index (χ0v) is 10.2. The summed E-state index contributed by atoms with van der Waals surface area (Å²) in [6.07, 6.45) is 0. The van der Waals surface area contributed by atoms with E-state index in [1.807, 2.05) is 0 Å². The first-order valence-corrected chi connectivity index (χ1v) is 6.13. The van der Waals surface area contributed by atoms with E-state index >= 15 is 0 Å². The highest BCUT2D eigenvalue weighted by atomic mass is 32.2. The second kappa shape index (κ2) is 4.91. The van der Waals surface area contributed by atoms with Gasteiger partial charge >= 0.3 is 5.97 Å². The average molecular weight is 262 g/mol. The summed E-state index contributed by atoms with van der Waals surface area (Å²) in [4.78, 5) is 10.5. The molecule has 94 valence electrons. The smallest absolute Gasteiger partial charge is 0.310 e. The molecule has 0 amide bonds. The predicted octanol–water partition coefficient (Wildman–Crippen LogP) is 2.18. The molecule has 0 saturated carbocycles. The summed E-state index contributed by atoms with van der Waals surface area (Å²) in [6, 6.07) is 2.61. The Morgan fingerprint density at radius 2 is 2.00 bits per heavy atom. The van der Waals surface area contributed by atoms with Gasteiger partial charge in [-0.1, -0.05) is 0 Å². The quantitative estimate of drug-likeness (QED) is 0.904. The Balaban J connectivity index is 2.98. The van der Waals surface area contributed by atoms with Gasteiger partial charge in [0, 0.05) is 5.75 Å². The van der Waals surface area contributed by atoms with Crippen LogP contribution in [0.15, 0.2) is 23.1 Å². The lowest BCUT2D eigenvalue weighted by molar-refractivity contribution is -0.145. The van der Waals surface area contributed by atoms with Gasteiger partial charge in [0.15, 0.2) is 0 Å². The van der Waals surface area contributed by atoms with E-state index in [1.165, 1.54) is 13.8 Å². The van der Waals surface area contributed by atoms with Crippen LogP contribution in [0.1, 0.15) is 13.8 Å². The van der Waals surface area contributed by atoms with Crippen LogP contribution in [-0.2, 0) is 15.6 Å². The molecule has 1 rings (SSSR count). The third kappa shape index (κ3) is 3.33. The minimum absolute atomic E-state index is 0.275. The number of carboxylic acid groups (broad SMARTS) is 1. The summed E-state index contributed by atoms with van der Waals surface area (Å²) in [5, 5.41) is 8.86. The fraction of sp³-hybridized carbons (Fsp3) is 0.364. The molecule has 0 fully saturated rings. The van der Waals surface area contributed by atoms with E-state index in [4.69, 9.17) is 5.11 Å². The minimum Gasteiger partial charge on any atom is -0.481 e. The summed E-state index contributed by atoms with van der Waals surface area (Å²) in [7, 11) is -1.89. The van der Waals surface area contributed by atoms with E-state index in [1.54, 1.807) is 0 Å². The van der Waals surface area contributed by atoms with Crippen LogP contribution >= 0.6 is 0 Å². The molecule has 3 nitrogen and oxygen atoms in total. The normalized spacial score (nSPS) is 13.4. The lowest BCUT2D eigenvalue weighted by Crippen LogP contribution is -2.30. The molecule has 0 bridgehead atoms. The maximum absolute atomic E-state index is 13.3. The number of hydrogen-bond donors (Lipinski definition) is 1. The summed E-state index contributed by atoms with van der Waals surface area (Å²) < 4.78 is 37.9. The van der Waals surface area contributed by atoms with Crippen molar-refractivity contribution >= 4 is 16.8 Å². The van der Waals surface area contributed by atoms with Gasteiger partial charge in [-0.25, -0.2) is 8.78 Å². The van der Waals surface area contributed by atoms with E-state index in [0.717, 1.165) is 18.2 Å². The molecule has 0 heterocycles. The molecule has 0 aliphatic carbocycles. The Morgan fingerprint density at radius 1 is 1.41 bits per heavy atom. The second-order valence-corrected chi connectivity index (χ2v) is 5.67.